The summed E-state index contributed by atoms with van der Waals surface area (Å²) in [6.07, 6.45) is 1.10. The summed E-state index contributed by atoms with van der Waals surface area (Å²) in [5, 5.41) is 0. The molecule has 0 atom stereocenters. The van der Waals surface area contributed by atoms with Gasteiger partial charge in [0, 0.05) is 4.43 Å². The molecule has 0 saturated carbocycles. The SMILES string of the molecule is CCc1cccc(-c2ccc(CI)cc2)c1. The van der Waals surface area contributed by atoms with Gasteiger partial charge in [-0.05, 0) is 28.7 Å². The summed E-state index contributed by atoms with van der Waals surface area (Å²) >= 11 is 2.39. The van der Waals surface area contributed by atoms with Crippen LogP contribution in [0.3, 0.4) is 0 Å². The zero-order chi connectivity index (χ0) is 11.4. The molecule has 0 aliphatic rings. The monoisotopic (exact) mass is 322 g/mol. The molecule has 0 N–H and O–H groups in total. The van der Waals surface area contributed by atoms with E-state index in [-0.39, 0.29) is 0 Å². The Morgan fingerprint density at radius 3 is 2.25 bits per heavy atom. The Labute approximate surface area is 111 Å². The zero-order valence-corrected chi connectivity index (χ0v) is 11.6. The van der Waals surface area contributed by atoms with E-state index < -0.39 is 0 Å². The van der Waals surface area contributed by atoms with Crippen LogP contribution < -0.4 is 0 Å². The van der Waals surface area contributed by atoms with E-state index in [0.717, 1.165) is 10.8 Å². The van der Waals surface area contributed by atoms with Crippen LogP contribution in [0, 0.1) is 0 Å². The normalized spacial score (nSPS) is 10.4. The van der Waals surface area contributed by atoms with Gasteiger partial charge in [0.05, 0.1) is 0 Å². The quantitative estimate of drug-likeness (QED) is 0.560. The molecule has 1 heteroatoms. The molecular formula is C15H15I. The fraction of sp³-hybridized carbons (Fsp3) is 0.200. The van der Waals surface area contributed by atoms with E-state index in [1.165, 1.54) is 22.3 Å². The molecule has 0 aliphatic carbocycles. The first-order chi connectivity index (χ1) is 7.83. The Balaban J connectivity index is 2.34. The van der Waals surface area contributed by atoms with E-state index in [0.29, 0.717) is 0 Å². The summed E-state index contributed by atoms with van der Waals surface area (Å²) in [7, 11) is 0. The van der Waals surface area contributed by atoms with Gasteiger partial charge in [-0.15, -0.1) is 0 Å². The minimum absolute atomic E-state index is 1.08. The molecule has 0 fully saturated rings. The van der Waals surface area contributed by atoms with Crippen LogP contribution in [-0.4, -0.2) is 0 Å². The highest BCUT2D eigenvalue weighted by Crippen LogP contribution is 2.21. The first-order valence-corrected chi connectivity index (χ1v) is 7.10. The second kappa shape index (κ2) is 5.48. The van der Waals surface area contributed by atoms with Crippen molar-refractivity contribution < 1.29 is 0 Å². The van der Waals surface area contributed by atoms with E-state index in [1.807, 2.05) is 0 Å². The van der Waals surface area contributed by atoms with Crippen LogP contribution in [0.1, 0.15) is 18.1 Å². The van der Waals surface area contributed by atoms with Crippen molar-refractivity contribution in [2.24, 2.45) is 0 Å². The first-order valence-electron chi connectivity index (χ1n) is 5.57. The smallest absolute Gasteiger partial charge is 0.0247 e. The number of benzene rings is 2. The molecule has 0 nitrogen and oxygen atoms in total. The highest BCUT2D eigenvalue weighted by Gasteiger charge is 1.98. The van der Waals surface area contributed by atoms with Crippen molar-refractivity contribution in [1.29, 1.82) is 0 Å². The molecule has 0 heterocycles. The molecule has 2 aromatic rings. The average Bonchev–Trinajstić information content (AvgIpc) is 2.39. The largest absolute Gasteiger partial charge is 0.0812 e. The van der Waals surface area contributed by atoms with E-state index in [4.69, 9.17) is 0 Å². The lowest BCUT2D eigenvalue weighted by molar-refractivity contribution is 1.14. The third-order valence-corrected chi connectivity index (χ3v) is 3.66. The highest BCUT2D eigenvalue weighted by atomic mass is 127. The number of hydrogen-bond acceptors (Lipinski definition) is 0. The number of halogens is 1. The topological polar surface area (TPSA) is 0 Å². The number of rotatable bonds is 3. The third-order valence-electron chi connectivity index (χ3n) is 2.78. The maximum Gasteiger partial charge on any atom is 0.0247 e. The molecule has 0 spiro atoms. The Kier molecular flexibility index (Phi) is 3.99. The predicted molar refractivity (Wildman–Crippen MR) is 79.0 cm³/mol. The molecule has 16 heavy (non-hydrogen) atoms. The van der Waals surface area contributed by atoms with Crippen LogP contribution in [0.4, 0.5) is 0 Å². The molecule has 82 valence electrons. The molecule has 2 aromatic carbocycles. The predicted octanol–water partition coefficient (Wildman–Crippen LogP) is 4.85. The molecule has 2 rings (SSSR count). The summed E-state index contributed by atoms with van der Waals surface area (Å²) in [5.41, 5.74) is 5.41. The lowest BCUT2D eigenvalue weighted by atomic mass is 10.0. The van der Waals surface area contributed by atoms with Gasteiger partial charge in [0.15, 0.2) is 0 Å². The Bertz CT molecular complexity index is 457. The van der Waals surface area contributed by atoms with Gasteiger partial charge < -0.3 is 0 Å². The molecule has 0 unspecified atom stereocenters. The van der Waals surface area contributed by atoms with E-state index in [2.05, 4.69) is 78.0 Å². The molecule has 0 radical (unpaired) electrons. The Hall–Kier alpha value is -0.830. The fourth-order valence-corrected chi connectivity index (χ4v) is 2.27. The summed E-state index contributed by atoms with van der Waals surface area (Å²) < 4.78 is 1.08. The lowest BCUT2D eigenvalue weighted by Crippen LogP contribution is -1.83. The summed E-state index contributed by atoms with van der Waals surface area (Å²) in [6, 6.07) is 17.6. The van der Waals surface area contributed by atoms with Crippen molar-refractivity contribution in [3.05, 3.63) is 59.7 Å². The third kappa shape index (κ3) is 2.64. The van der Waals surface area contributed by atoms with E-state index in [9.17, 15) is 0 Å². The maximum absolute atomic E-state index is 2.39. The van der Waals surface area contributed by atoms with Crippen LogP contribution in [0.25, 0.3) is 11.1 Å². The summed E-state index contributed by atoms with van der Waals surface area (Å²) in [6.45, 7) is 2.19. The number of aryl methyl sites for hydroxylation is 1. The molecule has 0 aliphatic heterocycles. The van der Waals surface area contributed by atoms with E-state index >= 15 is 0 Å². The van der Waals surface area contributed by atoms with Gasteiger partial charge in [0.25, 0.3) is 0 Å². The molecule has 0 bridgehead atoms. The van der Waals surface area contributed by atoms with Crippen molar-refractivity contribution in [2.45, 2.75) is 17.8 Å². The van der Waals surface area contributed by atoms with Crippen molar-refractivity contribution in [3.63, 3.8) is 0 Å². The summed E-state index contributed by atoms with van der Waals surface area (Å²) in [5.74, 6) is 0. The molecule has 0 aromatic heterocycles. The Morgan fingerprint density at radius 1 is 0.875 bits per heavy atom. The van der Waals surface area contributed by atoms with Crippen LogP contribution in [0.2, 0.25) is 0 Å². The van der Waals surface area contributed by atoms with E-state index in [1.54, 1.807) is 0 Å². The second-order valence-electron chi connectivity index (χ2n) is 3.88. The van der Waals surface area contributed by atoms with Crippen LogP contribution in [0.5, 0.6) is 0 Å². The van der Waals surface area contributed by atoms with Gasteiger partial charge >= 0.3 is 0 Å². The van der Waals surface area contributed by atoms with Gasteiger partial charge in [-0.25, -0.2) is 0 Å². The van der Waals surface area contributed by atoms with Gasteiger partial charge in [0.2, 0.25) is 0 Å². The zero-order valence-electron chi connectivity index (χ0n) is 9.41. The first kappa shape index (κ1) is 11.6. The minimum atomic E-state index is 1.08. The lowest BCUT2D eigenvalue weighted by Gasteiger charge is -2.04. The van der Waals surface area contributed by atoms with Crippen molar-refractivity contribution in [2.75, 3.05) is 0 Å². The van der Waals surface area contributed by atoms with Crippen LogP contribution in [-0.2, 0) is 10.8 Å². The van der Waals surface area contributed by atoms with Crippen molar-refractivity contribution >= 4 is 22.6 Å². The number of alkyl halides is 1. The van der Waals surface area contributed by atoms with Gasteiger partial charge in [-0.1, -0.05) is 78.0 Å². The maximum atomic E-state index is 2.39. The molecular weight excluding hydrogens is 307 g/mol. The summed E-state index contributed by atoms with van der Waals surface area (Å²) in [4.78, 5) is 0. The fourth-order valence-electron chi connectivity index (χ4n) is 1.76. The van der Waals surface area contributed by atoms with Gasteiger partial charge in [-0.3, -0.25) is 0 Å². The molecule has 0 amide bonds. The average molecular weight is 322 g/mol. The van der Waals surface area contributed by atoms with Crippen LogP contribution in [0.15, 0.2) is 48.5 Å². The second-order valence-corrected chi connectivity index (χ2v) is 4.65. The van der Waals surface area contributed by atoms with Crippen molar-refractivity contribution in [1.82, 2.24) is 0 Å². The Morgan fingerprint density at radius 2 is 1.62 bits per heavy atom. The number of hydrogen-bond donors (Lipinski definition) is 0. The highest BCUT2D eigenvalue weighted by molar-refractivity contribution is 14.1. The molecule has 0 saturated heterocycles. The minimum Gasteiger partial charge on any atom is -0.0812 e. The van der Waals surface area contributed by atoms with Gasteiger partial charge in [-0.2, -0.15) is 0 Å². The van der Waals surface area contributed by atoms with Gasteiger partial charge in [0.1, 0.15) is 0 Å². The van der Waals surface area contributed by atoms with Crippen molar-refractivity contribution in [3.8, 4) is 11.1 Å². The standard InChI is InChI=1S/C15H15I/c1-2-12-4-3-5-15(10-12)14-8-6-13(11-16)7-9-14/h3-10H,2,11H2,1H3. The van der Waals surface area contributed by atoms with Crippen LogP contribution >= 0.6 is 22.6 Å².